The van der Waals surface area contributed by atoms with Crippen LogP contribution in [0.2, 0.25) is 0 Å². The van der Waals surface area contributed by atoms with E-state index in [0.717, 1.165) is 25.8 Å². The minimum absolute atomic E-state index is 0. The predicted molar refractivity (Wildman–Crippen MR) is 77.6 cm³/mol. The van der Waals surface area contributed by atoms with Crippen LogP contribution in [-0.2, 0) is 16.1 Å². The summed E-state index contributed by atoms with van der Waals surface area (Å²) < 4.78 is 1.40. The molecule has 1 unspecified atom stereocenters. The maximum absolute atomic E-state index is 12.3. The first kappa shape index (κ1) is 16.5. The molecular formula is C12H20ClN5O2. The standard InChI is InChI=1S/C12H19N5O2.ClH/c1-2-12(4-3-5-14-12)11(19)16-9-6-15-17(7-9)8-10(13)18;/h6-7,14H,2-5,8H2,1H3,(H2,13,18)(H,16,19);1H. The van der Waals surface area contributed by atoms with Crippen LogP contribution in [0.4, 0.5) is 5.69 Å². The Morgan fingerprint density at radius 2 is 2.35 bits per heavy atom. The highest BCUT2D eigenvalue weighted by atomic mass is 35.5. The quantitative estimate of drug-likeness (QED) is 0.726. The average molecular weight is 302 g/mol. The number of carbonyl (C=O) groups is 2. The SMILES string of the molecule is CCC1(C(=O)Nc2cnn(CC(N)=O)c2)CCCN1.Cl. The van der Waals surface area contributed by atoms with Gasteiger partial charge in [-0.15, -0.1) is 12.4 Å². The van der Waals surface area contributed by atoms with Gasteiger partial charge in [0, 0.05) is 6.20 Å². The van der Waals surface area contributed by atoms with E-state index in [1.54, 1.807) is 6.20 Å². The van der Waals surface area contributed by atoms with Gasteiger partial charge in [0.05, 0.1) is 17.4 Å². The van der Waals surface area contributed by atoms with E-state index in [-0.39, 0.29) is 24.9 Å². The Kier molecular flexibility index (Phi) is 5.52. The molecule has 1 fully saturated rings. The van der Waals surface area contributed by atoms with Gasteiger partial charge in [-0.2, -0.15) is 5.10 Å². The minimum atomic E-state index is -0.480. The minimum Gasteiger partial charge on any atom is -0.368 e. The average Bonchev–Trinajstić information content (AvgIpc) is 2.98. The third-order valence-corrected chi connectivity index (χ3v) is 3.49. The molecule has 0 saturated carbocycles. The molecule has 1 aromatic heterocycles. The van der Waals surface area contributed by atoms with Crippen molar-refractivity contribution in [3.8, 4) is 0 Å². The second kappa shape index (κ2) is 6.71. The van der Waals surface area contributed by atoms with Crippen molar-refractivity contribution in [2.75, 3.05) is 11.9 Å². The van der Waals surface area contributed by atoms with Gasteiger partial charge in [0.15, 0.2) is 0 Å². The number of halogens is 1. The monoisotopic (exact) mass is 301 g/mol. The molecule has 1 aliphatic rings. The molecule has 2 rings (SSSR count). The smallest absolute Gasteiger partial charge is 0.244 e. The lowest BCUT2D eigenvalue weighted by molar-refractivity contribution is -0.122. The van der Waals surface area contributed by atoms with Gasteiger partial charge in [0.2, 0.25) is 11.8 Å². The fraction of sp³-hybridized carbons (Fsp3) is 0.583. The number of rotatable bonds is 5. The van der Waals surface area contributed by atoms with E-state index >= 15 is 0 Å². The van der Waals surface area contributed by atoms with Crippen LogP contribution in [0.25, 0.3) is 0 Å². The summed E-state index contributed by atoms with van der Waals surface area (Å²) in [5.41, 5.74) is 5.18. The summed E-state index contributed by atoms with van der Waals surface area (Å²) in [6, 6.07) is 0. The molecule has 8 heteroatoms. The lowest BCUT2D eigenvalue weighted by atomic mass is 9.93. The molecule has 1 atom stereocenters. The molecule has 1 saturated heterocycles. The van der Waals surface area contributed by atoms with Crippen molar-refractivity contribution >= 4 is 29.9 Å². The number of nitrogens with zero attached hydrogens (tertiary/aromatic N) is 2. The summed E-state index contributed by atoms with van der Waals surface area (Å²) in [5, 5.41) is 10.1. The molecule has 0 spiro atoms. The molecule has 0 bridgehead atoms. The Hall–Kier alpha value is -1.60. The van der Waals surface area contributed by atoms with E-state index in [2.05, 4.69) is 15.7 Å². The highest BCUT2D eigenvalue weighted by Crippen LogP contribution is 2.24. The van der Waals surface area contributed by atoms with Gasteiger partial charge in [0.25, 0.3) is 0 Å². The Balaban J connectivity index is 0.00000200. The Bertz CT molecular complexity index is 482. The topological polar surface area (TPSA) is 102 Å². The number of anilines is 1. The summed E-state index contributed by atoms with van der Waals surface area (Å²) in [5.74, 6) is -0.519. The number of carbonyl (C=O) groups excluding carboxylic acids is 2. The summed E-state index contributed by atoms with van der Waals surface area (Å²) in [6.45, 7) is 2.86. The van der Waals surface area contributed by atoms with Crippen LogP contribution in [0, 0.1) is 0 Å². The Morgan fingerprint density at radius 1 is 1.60 bits per heavy atom. The van der Waals surface area contributed by atoms with Crippen LogP contribution >= 0.6 is 12.4 Å². The maximum Gasteiger partial charge on any atom is 0.244 e. The van der Waals surface area contributed by atoms with Crippen molar-refractivity contribution in [1.82, 2.24) is 15.1 Å². The molecule has 0 aliphatic carbocycles. The normalized spacial score (nSPS) is 21.2. The number of aromatic nitrogens is 2. The maximum atomic E-state index is 12.3. The van der Waals surface area contributed by atoms with Crippen molar-refractivity contribution in [3.63, 3.8) is 0 Å². The van der Waals surface area contributed by atoms with Gasteiger partial charge in [0.1, 0.15) is 6.54 Å². The van der Waals surface area contributed by atoms with Crippen molar-refractivity contribution in [1.29, 1.82) is 0 Å². The molecule has 2 heterocycles. The number of nitrogens with one attached hydrogen (secondary N) is 2. The molecule has 0 aromatic carbocycles. The first-order valence-corrected chi connectivity index (χ1v) is 6.43. The third-order valence-electron chi connectivity index (χ3n) is 3.49. The number of hydrogen-bond donors (Lipinski definition) is 3. The number of amides is 2. The van der Waals surface area contributed by atoms with Crippen LogP contribution in [-0.4, -0.2) is 33.7 Å². The molecule has 20 heavy (non-hydrogen) atoms. The zero-order valence-electron chi connectivity index (χ0n) is 11.4. The van der Waals surface area contributed by atoms with Crippen molar-refractivity contribution in [2.45, 2.75) is 38.3 Å². The predicted octanol–water partition coefficient (Wildman–Crippen LogP) is 0.261. The van der Waals surface area contributed by atoms with Gasteiger partial charge in [-0.1, -0.05) is 6.92 Å². The first-order valence-electron chi connectivity index (χ1n) is 6.43. The van der Waals surface area contributed by atoms with Crippen molar-refractivity contribution < 1.29 is 9.59 Å². The zero-order valence-corrected chi connectivity index (χ0v) is 12.2. The van der Waals surface area contributed by atoms with E-state index in [0.29, 0.717) is 5.69 Å². The summed E-state index contributed by atoms with van der Waals surface area (Å²) in [6.07, 6.45) is 5.70. The van der Waals surface area contributed by atoms with E-state index < -0.39 is 11.4 Å². The molecule has 7 nitrogen and oxygen atoms in total. The van der Waals surface area contributed by atoms with Crippen molar-refractivity contribution in [2.24, 2.45) is 5.73 Å². The highest BCUT2D eigenvalue weighted by Gasteiger charge is 2.39. The molecule has 0 radical (unpaired) electrons. The van der Waals surface area contributed by atoms with Crippen LogP contribution in [0.1, 0.15) is 26.2 Å². The third kappa shape index (κ3) is 3.49. The van der Waals surface area contributed by atoms with E-state index in [4.69, 9.17) is 5.73 Å². The molecular weight excluding hydrogens is 282 g/mol. The van der Waals surface area contributed by atoms with Crippen LogP contribution in [0.15, 0.2) is 12.4 Å². The van der Waals surface area contributed by atoms with Gasteiger partial charge in [-0.25, -0.2) is 0 Å². The Morgan fingerprint density at radius 3 is 2.90 bits per heavy atom. The van der Waals surface area contributed by atoms with Crippen LogP contribution in [0.5, 0.6) is 0 Å². The Labute approximate surface area is 123 Å². The molecule has 4 N–H and O–H groups in total. The van der Waals surface area contributed by atoms with Crippen LogP contribution in [0.3, 0.4) is 0 Å². The van der Waals surface area contributed by atoms with E-state index in [1.807, 2.05) is 6.92 Å². The van der Waals surface area contributed by atoms with E-state index in [9.17, 15) is 9.59 Å². The lowest BCUT2D eigenvalue weighted by Gasteiger charge is -2.26. The molecule has 2 amide bonds. The second-order valence-electron chi connectivity index (χ2n) is 4.81. The summed E-state index contributed by atoms with van der Waals surface area (Å²) >= 11 is 0. The van der Waals surface area contributed by atoms with Crippen LogP contribution < -0.4 is 16.4 Å². The van der Waals surface area contributed by atoms with E-state index in [1.165, 1.54) is 10.9 Å². The fourth-order valence-electron chi connectivity index (χ4n) is 2.39. The highest BCUT2D eigenvalue weighted by molar-refractivity contribution is 5.98. The van der Waals surface area contributed by atoms with Crippen molar-refractivity contribution in [3.05, 3.63) is 12.4 Å². The molecule has 112 valence electrons. The second-order valence-corrected chi connectivity index (χ2v) is 4.81. The van der Waals surface area contributed by atoms with Gasteiger partial charge >= 0.3 is 0 Å². The molecule has 1 aromatic rings. The summed E-state index contributed by atoms with van der Waals surface area (Å²) in [7, 11) is 0. The summed E-state index contributed by atoms with van der Waals surface area (Å²) in [4.78, 5) is 23.1. The molecule has 1 aliphatic heterocycles. The fourth-order valence-corrected chi connectivity index (χ4v) is 2.39. The first-order chi connectivity index (χ1) is 9.05. The lowest BCUT2D eigenvalue weighted by Crippen LogP contribution is -2.50. The number of nitrogens with two attached hydrogens (primary N) is 1. The largest absolute Gasteiger partial charge is 0.368 e. The van der Waals surface area contributed by atoms with Gasteiger partial charge in [-0.3, -0.25) is 14.3 Å². The zero-order chi connectivity index (χ0) is 13.9. The van der Waals surface area contributed by atoms with Gasteiger partial charge < -0.3 is 16.4 Å². The number of hydrogen-bond acceptors (Lipinski definition) is 4. The number of primary amides is 1. The van der Waals surface area contributed by atoms with Gasteiger partial charge in [-0.05, 0) is 25.8 Å².